The second kappa shape index (κ2) is 8.13. The van der Waals surface area contributed by atoms with Crippen molar-refractivity contribution < 1.29 is 23.4 Å². The van der Waals surface area contributed by atoms with Gasteiger partial charge in [0, 0.05) is 12.6 Å². The lowest BCUT2D eigenvalue weighted by Gasteiger charge is -2.52. The van der Waals surface area contributed by atoms with E-state index in [4.69, 9.17) is 4.74 Å². The molecule has 2 aliphatic rings. The quantitative estimate of drug-likeness (QED) is 0.837. The smallest absolute Gasteiger partial charge is 0.410 e. The van der Waals surface area contributed by atoms with Gasteiger partial charge in [-0.25, -0.2) is 13.6 Å². The molecule has 1 amide bonds. The monoisotopic (exact) mass is 381 g/mol. The summed E-state index contributed by atoms with van der Waals surface area (Å²) < 4.78 is 32.2. The van der Waals surface area contributed by atoms with Crippen LogP contribution in [0.15, 0.2) is 30.3 Å². The molecule has 1 aromatic rings. The molecule has 1 heterocycles. The number of aliphatic hydroxyl groups is 1. The van der Waals surface area contributed by atoms with Crippen molar-refractivity contribution in [3.63, 3.8) is 0 Å². The van der Waals surface area contributed by atoms with Crippen molar-refractivity contribution in [2.24, 2.45) is 17.8 Å². The van der Waals surface area contributed by atoms with E-state index in [-0.39, 0.29) is 30.6 Å². The highest BCUT2D eigenvalue weighted by Crippen LogP contribution is 2.48. The van der Waals surface area contributed by atoms with Crippen LogP contribution in [0.5, 0.6) is 0 Å². The van der Waals surface area contributed by atoms with Gasteiger partial charge in [0.05, 0.1) is 0 Å². The molecule has 1 aliphatic heterocycles. The van der Waals surface area contributed by atoms with E-state index in [1.807, 2.05) is 37.3 Å². The Morgan fingerprint density at radius 1 is 1.26 bits per heavy atom. The number of benzene rings is 1. The van der Waals surface area contributed by atoms with Gasteiger partial charge in [-0.3, -0.25) is 0 Å². The number of hydrogen-bond donors (Lipinski definition) is 1. The number of nitrogens with zero attached hydrogens (tertiary/aromatic N) is 1. The second-order valence-corrected chi connectivity index (χ2v) is 8.15. The summed E-state index contributed by atoms with van der Waals surface area (Å²) in [5.74, 6) is -0.302. The topological polar surface area (TPSA) is 49.8 Å². The van der Waals surface area contributed by atoms with Gasteiger partial charge in [0.1, 0.15) is 12.2 Å². The van der Waals surface area contributed by atoms with Crippen LogP contribution in [0.4, 0.5) is 13.6 Å². The number of rotatable bonds is 4. The van der Waals surface area contributed by atoms with Crippen molar-refractivity contribution in [3.05, 3.63) is 35.9 Å². The Kier molecular flexibility index (Phi) is 6.04. The molecule has 1 aromatic carbocycles. The maximum atomic E-state index is 13.4. The molecule has 1 saturated heterocycles. The molecule has 0 bridgehead atoms. The minimum absolute atomic E-state index is 0.0101. The molecule has 0 spiro atoms. The van der Waals surface area contributed by atoms with Crippen molar-refractivity contribution in [1.82, 2.24) is 4.90 Å². The second-order valence-electron chi connectivity index (χ2n) is 8.15. The zero-order chi connectivity index (χ0) is 19.6. The summed E-state index contributed by atoms with van der Waals surface area (Å²) >= 11 is 0. The van der Waals surface area contributed by atoms with Gasteiger partial charge in [-0.1, -0.05) is 36.8 Å². The van der Waals surface area contributed by atoms with Gasteiger partial charge in [0.25, 0.3) is 6.43 Å². The van der Waals surface area contributed by atoms with E-state index in [1.54, 1.807) is 4.90 Å². The van der Waals surface area contributed by atoms with Gasteiger partial charge in [0.15, 0.2) is 0 Å². The van der Waals surface area contributed by atoms with Gasteiger partial charge in [-0.2, -0.15) is 0 Å². The fourth-order valence-corrected chi connectivity index (χ4v) is 4.98. The van der Waals surface area contributed by atoms with Crippen LogP contribution in [0.2, 0.25) is 0 Å². The summed E-state index contributed by atoms with van der Waals surface area (Å²) in [6, 6.07) is 9.43. The first kappa shape index (κ1) is 20.1. The van der Waals surface area contributed by atoms with Gasteiger partial charge in [0.2, 0.25) is 0 Å². The normalized spacial score (nSPS) is 30.5. The number of likely N-dealkylation sites (tertiary alicyclic amines) is 1. The number of carbonyl (C=O) groups excluding carboxylic acids is 1. The highest BCUT2D eigenvalue weighted by Gasteiger charge is 2.51. The van der Waals surface area contributed by atoms with Crippen LogP contribution >= 0.6 is 0 Å². The van der Waals surface area contributed by atoms with Crippen molar-refractivity contribution in [1.29, 1.82) is 0 Å². The summed E-state index contributed by atoms with van der Waals surface area (Å²) in [6.07, 6.45) is -0.180. The Balaban J connectivity index is 1.65. The van der Waals surface area contributed by atoms with E-state index in [2.05, 4.69) is 0 Å². The average molecular weight is 381 g/mol. The number of ether oxygens (including phenoxy) is 1. The maximum absolute atomic E-state index is 13.4. The van der Waals surface area contributed by atoms with Crippen LogP contribution in [0, 0.1) is 17.8 Å². The molecule has 0 aromatic heterocycles. The minimum atomic E-state index is -2.76. The Morgan fingerprint density at radius 2 is 1.96 bits per heavy atom. The summed E-state index contributed by atoms with van der Waals surface area (Å²) in [6.45, 7) is 3.93. The number of alkyl halides is 2. The molecule has 0 radical (unpaired) electrons. The largest absolute Gasteiger partial charge is 0.445 e. The Hall–Kier alpha value is -1.69. The van der Waals surface area contributed by atoms with Crippen LogP contribution < -0.4 is 0 Å². The number of hydrogen-bond acceptors (Lipinski definition) is 3. The highest BCUT2D eigenvalue weighted by molar-refractivity contribution is 5.68. The number of piperidine rings is 1. The maximum Gasteiger partial charge on any atom is 0.410 e. The Morgan fingerprint density at radius 3 is 2.63 bits per heavy atom. The van der Waals surface area contributed by atoms with Crippen LogP contribution in [0.3, 0.4) is 0 Å². The summed E-state index contributed by atoms with van der Waals surface area (Å²) in [5.41, 5.74) is -1.04. The summed E-state index contributed by atoms with van der Waals surface area (Å²) in [4.78, 5) is 14.3. The first-order valence-corrected chi connectivity index (χ1v) is 9.80. The lowest BCUT2D eigenvalue weighted by atomic mass is 9.61. The highest BCUT2D eigenvalue weighted by atomic mass is 19.3. The van der Waals surface area contributed by atoms with Crippen molar-refractivity contribution in [2.75, 3.05) is 6.54 Å². The van der Waals surface area contributed by atoms with Gasteiger partial charge in [-0.05, 0) is 56.4 Å². The molecule has 1 saturated carbocycles. The molecule has 27 heavy (non-hydrogen) atoms. The molecule has 3 rings (SSSR count). The van der Waals surface area contributed by atoms with Crippen LogP contribution in [-0.2, 0) is 11.3 Å². The fraction of sp³-hybridized carbons (Fsp3) is 0.667. The number of fused-ring (bicyclic) bond motifs is 1. The third-order valence-corrected chi connectivity index (χ3v) is 6.57. The number of amides is 1. The first-order valence-electron chi connectivity index (χ1n) is 9.80. The van der Waals surface area contributed by atoms with Crippen molar-refractivity contribution >= 4 is 6.09 Å². The fourth-order valence-electron chi connectivity index (χ4n) is 4.98. The lowest BCUT2D eigenvalue weighted by molar-refractivity contribution is -0.159. The zero-order valence-corrected chi connectivity index (χ0v) is 16.0. The van der Waals surface area contributed by atoms with E-state index in [0.29, 0.717) is 19.4 Å². The molecule has 4 nitrogen and oxygen atoms in total. The van der Waals surface area contributed by atoms with E-state index in [0.717, 1.165) is 18.4 Å². The molecular weight excluding hydrogens is 352 g/mol. The van der Waals surface area contributed by atoms with Crippen molar-refractivity contribution in [2.45, 2.75) is 64.2 Å². The minimum Gasteiger partial charge on any atom is -0.445 e. The molecule has 1 aliphatic carbocycles. The lowest BCUT2D eigenvalue weighted by Crippen LogP contribution is -2.57. The Bertz CT molecular complexity index is 638. The average Bonchev–Trinajstić information content (AvgIpc) is 2.66. The van der Waals surface area contributed by atoms with E-state index in [1.165, 1.54) is 6.92 Å². The number of carbonyl (C=O) groups is 1. The SMILES string of the molecule is C[C@H]1[C@H]2CCC[C@@H]([C@@](C)(O)C(F)F)[C@@H]2CCN1C(=O)OCc1ccccc1. The molecule has 6 heteroatoms. The predicted molar refractivity (Wildman–Crippen MR) is 98.4 cm³/mol. The van der Waals surface area contributed by atoms with Crippen LogP contribution in [0.1, 0.15) is 45.1 Å². The molecular formula is C21H29F2NO3. The van der Waals surface area contributed by atoms with E-state index < -0.39 is 17.9 Å². The van der Waals surface area contributed by atoms with Gasteiger partial charge in [-0.15, -0.1) is 0 Å². The first-order chi connectivity index (χ1) is 12.8. The number of halogens is 2. The molecule has 150 valence electrons. The Labute approximate surface area is 159 Å². The summed E-state index contributed by atoms with van der Waals surface area (Å²) in [5, 5.41) is 10.4. The van der Waals surface area contributed by atoms with E-state index >= 15 is 0 Å². The van der Waals surface area contributed by atoms with Gasteiger partial charge >= 0.3 is 6.09 Å². The predicted octanol–water partition coefficient (Wildman–Crippen LogP) is 4.47. The van der Waals surface area contributed by atoms with Crippen LogP contribution in [-0.4, -0.2) is 40.7 Å². The van der Waals surface area contributed by atoms with Gasteiger partial charge < -0.3 is 14.7 Å². The van der Waals surface area contributed by atoms with Crippen LogP contribution in [0.25, 0.3) is 0 Å². The third kappa shape index (κ3) is 4.10. The van der Waals surface area contributed by atoms with Crippen molar-refractivity contribution in [3.8, 4) is 0 Å². The molecule has 0 unspecified atom stereocenters. The molecule has 5 atom stereocenters. The standard InChI is InChI=1S/C21H29F2NO3/c1-14-16-9-6-10-18(21(2,26)19(22)23)17(16)11-12-24(14)20(25)27-13-15-7-4-3-5-8-15/h3-5,7-8,14,16-19,26H,6,9-13H2,1-2H3/t14-,16+,17+,18+,21+/m0/s1. The van der Waals surface area contributed by atoms with E-state index in [9.17, 15) is 18.7 Å². The molecule has 1 N–H and O–H groups in total. The summed E-state index contributed by atoms with van der Waals surface area (Å²) in [7, 11) is 0. The zero-order valence-electron chi connectivity index (χ0n) is 16.0. The molecule has 2 fully saturated rings. The third-order valence-electron chi connectivity index (χ3n) is 6.57.